The fourth-order valence-corrected chi connectivity index (χ4v) is 2.86. The average Bonchev–Trinajstić information content (AvgIpc) is 2.95. The van der Waals surface area contributed by atoms with Crippen molar-refractivity contribution in [2.45, 2.75) is 46.0 Å². The van der Waals surface area contributed by atoms with E-state index in [1.165, 1.54) is 0 Å². The highest BCUT2D eigenvalue weighted by atomic mass is 16.2. The second-order valence-electron chi connectivity index (χ2n) is 5.26. The molecule has 1 aliphatic carbocycles. The van der Waals surface area contributed by atoms with Crippen molar-refractivity contribution >= 4 is 11.9 Å². The van der Waals surface area contributed by atoms with E-state index < -0.39 is 0 Å². The molecule has 0 radical (unpaired) electrons. The lowest BCUT2D eigenvalue weighted by molar-refractivity contribution is -0.120. The van der Waals surface area contributed by atoms with Crippen molar-refractivity contribution in [1.82, 2.24) is 15.2 Å². The van der Waals surface area contributed by atoms with E-state index in [1.807, 2.05) is 13.8 Å². The molecule has 0 aromatic carbocycles. The second kappa shape index (κ2) is 6.74. The molecule has 1 fully saturated rings. The molecule has 1 aromatic rings. The van der Waals surface area contributed by atoms with Crippen LogP contribution in [-0.2, 0) is 17.6 Å². The number of carbonyl (C=O) groups excluding carboxylic acids is 1. The summed E-state index contributed by atoms with van der Waals surface area (Å²) < 4.78 is 0. The standard InChI is InChI=1S/C14H23N5O/c1-3-11-12(4-2)18-19-14(16-11)17-13(20)10-7-5-6-9(10)8-15/h9-10H,3-8,15H2,1-2H3,(H,16,17,19,20). The van der Waals surface area contributed by atoms with Gasteiger partial charge >= 0.3 is 0 Å². The molecule has 0 bridgehead atoms. The van der Waals surface area contributed by atoms with Crippen LogP contribution in [0.2, 0.25) is 0 Å². The van der Waals surface area contributed by atoms with Gasteiger partial charge in [0.05, 0.1) is 11.4 Å². The minimum atomic E-state index is -0.0222. The van der Waals surface area contributed by atoms with Crippen LogP contribution in [0.3, 0.4) is 0 Å². The maximum absolute atomic E-state index is 12.3. The number of rotatable bonds is 5. The Morgan fingerprint density at radius 3 is 2.65 bits per heavy atom. The van der Waals surface area contributed by atoms with Gasteiger partial charge in [0.25, 0.3) is 0 Å². The molecule has 3 N–H and O–H groups in total. The maximum Gasteiger partial charge on any atom is 0.249 e. The van der Waals surface area contributed by atoms with Gasteiger partial charge in [-0.05, 0) is 38.1 Å². The van der Waals surface area contributed by atoms with Crippen molar-refractivity contribution in [3.8, 4) is 0 Å². The minimum Gasteiger partial charge on any atom is -0.330 e. The Morgan fingerprint density at radius 2 is 2.00 bits per heavy atom. The predicted molar refractivity (Wildman–Crippen MR) is 77.1 cm³/mol. The fourth-order valence-electron chi connectivity index (χ4n) is 2.86. The number of carbonyl (C=O) groups is 1. The number of aryl methyl sites for hydroxylation is 2. The number of hydrogen-bond acceptors (Lipinski definition) is 5. The minimum absolute atomic E-state index is 0.0143. The summed E-state index contributed by atoms with van der Waals surface area (Å²) in [5.41, 5.74) is 7.51. The monoisotopic (exact) mass is 277 g/mol. The summed E-state index contributed by atoms with van der Waals surface area (Å²) in [7, 11) is 0. The molecule has 1 aromatic heterocycles. The summed E-state index contributed by atoms with van der Waals surface area (Å²) in [6.45, 7) is 4.61. The molecule has 0 aliphatic heterocycles. The summed E-state index contributed by atoms with van der Waals surface area (Å²) in [5, 5.41) is 10.9. The van der Waals surface area contributed by atoms with Crippen LogP contribution >= 0.6 is 0 Å². The molecule has 6 heteroatoms. The van der Waals surface area contributed by atoms with Gasteiger partial charge in [0.1, 0.15) is 0 Å². The van der Waals surface area contributed by atoms with Crippen LogP contribution in [0.15, 0.2) is 0 Å². The topological polar surface area (TPSA) is 93.8 Å². The first-order chi connectivity index (χ1) is 9.69. The maximum atomic E-state index is 12.3. The number of nitrogens with one attached hydrogen (secondary N) is 1. The number of anilines is 1. The Morgan fingerprint density at radius 1 is 1.25 bits per heavy atom. The molecular formula is C14H23N5O. The summed E-state index contributed by atoms with van der Waals surface area (Å²) >= 11 is 0. The van der Waals surface area contributed by atoms with E-state index in [-0.39, 0.29) is 17.7 Å². The lowest BCUT2D eigenvalue weighted by atomic mass is 9.95. The second-order valence-corrected chi connectivity index (χ2v) is 5.26. The molecule has 1 saturated carbocycles. The van der Waals surface area contributed by atoms with Crippen LogP contribution < -0.4 is 11.1 Å². The Balaban J connectivity index is 2.07. The average molecular weight is 277 g/mol. The van der Waals surface area contributed by atoms with Gasteiger partial charge in [-0.2, -0.15) is 0 Å². The lowest BCUT2D eigenvalue weighted by Gasteiger charge is -2.16. The van der Waals surface area contributed by atoms with Gasteiger partial charge < -0.3 is 5.73 Å². The summed E-state index contributed by atoms with van der Waals surface area (Å²) in [6.07, 6.45) is 4.58. The molecule has 6 nitrogen and oxygen atoms in total. The third kappa shape index (κ3) is 3.12. The van der Waals surface area contributed by atoms with Gasteiger partial charge in [0.2, 0.25) is 11.9 Å². The van der Waals surface area contributed by atoms with E-state index in [2.05, 4.69) is 20.5 Å². The summed E-state index contributed by atoms with van der Waals surface area (Å²) in [5.74, 6) is 0.556. The normalized spacial score (nSPS) is 21.9. The third-order valence-electron chi connectivity index (χ3n) is 4.04. The van der Waals surface area contributed by atoms with Crippen molar-refractivity contribution in [2.24, 2.45) is 17.6 Å². The first-order valence-electron chi connectivity index (χ1n) is 7.42. The van der Waals surface area contributed by atoms with Crippen LogP contribution in [0.4, 0.5) is 5.95 Å². The van der Waals surface area contributed by atoms with Gasteiger partial charge in [-0.1, -0.05) is 20.3 Å². The Hall–Kier alpha value is -1.56. The molecule has 0 spiro atoms. The molecule has 20 heavy (non-hydrogen) atoms. The Kier molecular flexibility index (Phi) is 5.00. The smallest absolute Gasteiger partial charge is 0.249 e. The van der Waals surface area contributed by atoms with Crippen molar-refractivity contribution in [2.75, 3.05) is 11.9 Å². The third-order valence-corrected chi connectivity index (χ3v) is 4.04. The number of hydrogen-bond donors (Lipinski definition) is 2. The zero-order chi connectivity index (χ0) is 14.5. The first-order valence-corrected chi connectivity index (χ1v) is 7.42. The molecule has 1 heterocycles. The molecule has 1 aliphatic rings. The van der Waals surface area contributed by atoms with Crippen molar-refractivity contribution in [3.05, 3.63) is 11.4 Å². The van der Waals surface area contributed by atoms with Crippen LogP contribution in [0.25, 0.3) is 0 Å². The Bertz CT molecular complexity index is 477. The lowest BCUT2D eigenvalue weighted by Crippen LogP contribution is -2.30. The summed E-state index contributed by atoms with van der Waals surface area (Å²) in [6, 6.07) is 0. The molecule has 2 unspecified atom stereocenters. The molecular weight excluding hydrogens is 254 g/mol. The zero-order valence-electron chi connectivity index (χ0n) is 12.2. The van der Waals surface area contributed by atoms with Gasteiger partial charge in [-0.25, -0.2) is 4.98 Å². The SMILES string of the molecule is CCc1nnc(NC(=O)C2CCCC2CN)nc1CC. The van der Waals surface area contributed by atoms with Crippen molar-refractivity contribution in [1.29, 1.82) is 0 Å². The molecule has 110 valence electrons. The van der Waals surface area contributed by atoms with Gasteiger partial charge in [-0.3, -0.25) is 10.1 Å². The van der Waals surface area contributed by atoms with E-state index in [0.29, 0.717) is 12.5 Å². The van der Waals surface area contributed by atoms with Gasteiger partial charge in [-0.15, -0.1) is 10.2 Å². The zero-order valence-corrected chi connectivity index (χ0v) is 12.2. The molecule has 0 saturated heterocycles. The van der Waals surface area contributed by atoms with Crippen molar-refractivity contribution < 1.29 is 4.79 Å². The van der Waals surface area contributed by atoms with E-state index in [1.54, 1.807) is 0 Å². The van der Waals surface area contributed by atoms with E-state index in [0.717, 1.165) is 43.5 Å². The molecule has 2 atom stereocenters. The summed E-state index contributed by atoms with van der Waals surface area (Å²) in [4.78, 5) is 16.7. The highest BCUT2D eigenvalue weighted by molar-refractivity contribution is 5.91. The van der Waals surface area contributed by atoms with Crippen LogP contribution in [0.5, 0.6) is 0 Å². The first kappa shape index (κ1) is 14.8. The fraction of sp³-hybridized carbons (Fsp3) is 0.714. The number of amides is 1. The van der Waals surface area contributed by atoms with Crippen LogP contribution in [-0.4, -0.2) is 27.6 Å². The number of aromatic nitrogens is 3. The van der Waals surface area contributed by atoms with Gasteiger partial charge in [0, 0.05) is 5.92 Å². The van der Waals surface area contributed by atoms with E-state index in [9.17, 15) is 4.79 Å². The predicted octanol–water partition coefficient (Wildman–Crippen LogP) is 1.31. The Labute approximate surface area is 119 Å². The largest absolute Gasteiger partial charge is 0.330 e. The number of nitrogens with zero attached hydrogens (tertiary/aromatic N) is 3. The van der Waals surface area contributed by atoms with Crippen molar-refractivity contribution in [3.63, 3.8) is 0 Å². The van der Waals surface area contributed by atoms with Crippen LogP contribution in [0.1, 0.15) is 44.5 Å². The van der Waals surface area contributed by atoms with E-state index >= 15 is 0 Å². The molecule has 2 rings (SSSR count). The quantitative estimate of drug-likeness (QED) is 0.846. The number of nitrogens with two attached hydrogens (primary N) is 1. The van der Waals surface area contributed by atoms with Gasteiger partial charge in [0.15, 0.2) is 0 Å². The highest BCUT2D eigenvalue weighted by Gasteiger charge is 2.32. The van der Waals surface area contributed by atoms with Crippen LogP contribution in [0, 0.1) is 11.8 Å². The highest BCUT2D eigenvalue weighted by Crippen LogP contribution is 2.31. The molecule has 1 amide bonds. The van der Waals surface area contributed by atoms with E-state index in [4.69, 9.17) is 5.73 Å².